The second kappa shape index (κ2) is 3.92. The summed E-state index contributed by atoms with van der Waals surface area (Å²) < 4.78 is 0. The van der Waals surface area contributed by atoms with Crippen LogP contribution in [0.5, 0.6) is 0 Å². The van der Waals surface area contributed by atoms with Gasteiger partial charge in [0.15, 0.2) is 0 Å². The Kier molecular flexibility index (Phi) is 2.42. The summed E-state index contributed by atoms with van der Waals surface area (Å²) in [5, 5.41) is 2.99. The molecule has 2 unspecified atom stereocenters. The Hall–Kier alpha value is -1.32. The van der Waals surface area contributed by atoms with Crippen molar-refractivity contribution in [3.63, 3.8) is 0 Å². The van der Waals surface area contributed by atoms with E-state index in [0.29, 0.717) is 24.3 Å². The Balaban J connectivity index is 1.51. The fraction of sp³-hybridized carbons (Fsp3) is 0.667. The lowest BCUT2D eigenvalue weighted by Gasteiger charge is -2.04. The minimum atomic E-state index is 0.242. The van der Waals surface area contributed by atoms with Crippen LogP contribution < -0.4 is 5.32 Å². The largest absolute Gasteiger partial charge is 0.350 e. The van der Waals surface area contributed by atoms with Crippen LogP contribution in [0.15, 0.2) is 12.5 Å². The quantitative estimate of drug-likeness (QED) is 0.808. The summed E-state index contributed by atoms with van der Waals surface area (Å²) in [5.74, 6) is 1.93. The molecule has 1 heterocycles. The van der Waals surface area contributed by atoms with Gasteiger partial charge in [-0.05, 0) is 24.7 Å². The van der Waals surface area contributed by atoms with E-state index < -0.39 is 0 Å². The highest BCUT2D eigenvalue weighted by Crippen LogP contribution is 2.55. The third kappa shape index (κ3) is 1.72. The number of fused-ring (bicyclic) bond motifs is 1. The average Bonchev–Trinajstić information content (AvgIpc) is 2.80. The number of rotatable bonds is 3. The summed E-state index contributed by atoms with van der Waals surface area (Å²) in [4.78, 5) is 18.8. The predicted octanol–water partition coefficient (Wildman–Crippen LogP) is 1.46. The molecule has 2 atom stereocenters. The molecular formula is C12H17N3O. The summed E-state index contributed by atoms with van der Waals surface area (Å²) in [6, 6.07) is 0. The van der Waals surface area contributed by atoms with Crippen LogP contribution in [0.1, 0.15) is 31.4 Å². The average molecular weight is 219 g/mol. The van der Waals surface area contributed by atoms with E-state index in [1.807, 2.05) is 0 Å². The van der Waals surface area contributed by atoms with Gasteiger partial charge in [0.1, 0.15) is 0 Å². The first-order valence-electron chi connectivity index (χ1n) is 6.11. The van der Waals surface area contributed by atoms with Crippen molar-refractivity contribution >= 4 is 5.91 Å². The summed E-state index contributed by atoms with van der Waals surface area (Å²) in [6.45, 7) is 0.578. The van der Waals surface area contributed by atoms with Crippen LogP contribution in [0.4, 0.5) is 0 Å². The lowest BCUT2D eigenvalue weighted by Crippen LogP contribution is -2.25. The molecule has 0 spiro atoms. The number of H-pyrrole nitrogens is 1. The smallest absolute Gasteiger partial charge is 0.224 e. The van der Waals surface area contributed by atoms with Crippen molar-refractivity contribution in [2.75, 3.05) is 0 Å². The van der Waals surface area contributed by atoms with Crippen molar-refractivity contribution in [2.24, 2.45) is 17.8 Å². The van der Waals surface area contributed by atoms with Gasteiger partial charge in [0, 0.05) is 12.1 Å². The number of nitrogens with one attached hydrogen (secondary N) is 2. The second-order valence-electron chi connectivity index (χ2n) is 4.93. The first-order valence-corrected chi connectivity index (χ1v) is 6.11. The van der Waals surface area contributed by atoms with Crippen molar-refractivity contribution in [1.82, 2.24) is 15.3 Å². The minimum absolute atomic E-state index is 0.242. The number of aromatic amines is 1. The number of nitrogens with zero attached hydrogens (tertiary/aromatic N) is 1. The van der Waals surface area contributed by atoms with Gasteiger partial charge in [0.2, 0.25) is 5.91 Å². The van der Waals surface area contributed by atoms with Crippen LogP contribution in [0, 0.1) is 17.8 Å². The van der Waals surface area contributed by atoms with Gasteiger partial charge >= 0.3 is 0 Å². The minimum Gasteiger partial charge on any atom is -0.350 e. The van der Waals surface area contributed by atoms with E-state index in [9.17, 15) is 4.79 Å². The van der Waals surface area contributed by atoms with Gasteiger partial charge in [-0.25, -0.2) is 4.98 Å². The SMILES string of the molecule is O=C(NCc1cnc[nH]1)C1C2CCCCC21. The number of amides is 1. The highest BCUT2D eigenvalue weighted by molar-refractivity contribution is 5.82. The molecule has 16 heavy (non-hydrogen) atoms. The first-order chi connectivity index (χ1) is 7.86. The van der Waals surface area contributed by atoms with Crippen molar-refractivity contribution in [1.29, 1.82) is 0 Å². The van der Waals surface area contributed by atoms with Gasteiger partial charge in [0.05, 0.1) is 18.6 Å². The standard InChI is InChI=1S/C12H17N3O/c16-12(14-6-8-5-13-7-15-8)11-9-3-1-2-4-10(9)11/h5,7,9-11H,1-4,6H2,(H,13,15)(H,14,16). The van der Waals surface area contributed by atoms with Gasteiger partial charge in [-0.1, -0.05) is 12.8 Å². The van der Waals surface area contributed by atoms with E-state index in [-0.39, 0.29) is 5.91 Å². The van der Waals surface area contributed by atoms with Crippen LogP contribution in [0.2, 0.25) is 0 Å². The van der Waals surface area contributed by atoms with Gasteiger partial charge in [-0.3, -0.25) is 4.79 Å². The van der Waals surface area contributed by atoms with Crippen LogP contribution in [0.25, 0.3) is 0 Å². The van der Waals surface area contributed by atoms with Crippen LogP contribution in [-0.2, 0) is 11.3 Å². The monoisotopic (exact) mass is 219 g/mol. The predicted molar refractivity (Wildman–Crippen MR) is 59.4 cm³/mol. The maximum Gasteiger partial charge on any atom is 0.224 e. The molecule has 0 aromatic carbocycles. The lowest BCUT2D eigenvalue weighted by molar-refractivity contribution is -0.123. The molecular weight excluding hydrogens is 202 g/mol. The Bertz CT molecular complexity index is 362. The zero-order valence-electron chi connectivity index (χ0n) is 9.28. The van der Waals surface area contributed by atoms with E-state index in [1.165, 1.54) is 25.7 Å². The van der Waals surface area contributed by atoms with E-state index in [2.05, 4.69) is 15.3 Å². The molecule has 1 aromatic rings. The molecule has 0 radical (unpaired) electrons. The van der Waals surface area contributed by atoms with E-state index >= 15 is 0 Å². The number of hydrogen-bond donors (Lipinski definition) is 2. The molecule has 2 N–H and O–H groups in total. The van der Waals surface area contributed by atoms with Crippen molar-refractivity contribution in [3.8, 4) is 0 Å². The van der Waals surface area contributed by atoms with Crippen LogP contribution >= 0.6 is 0 Å². The number of aromatic nitrogens is 2. The third-order valence-electron chi connectivity index (χ3n) is 3.97. The third-order valence-corrected chi connectivity index (χ3v) is 3.97. The maximum absolute atomic E-state index is 11.9. The number of carbonyl (C=O) groups is 1. The molecule has 4 nitrogen and oxygen atoms in total. The highest BCUT2D eigenvalue weighted by Gasteiger charge is 2.54. The number of hydrogen-bond acceptors (Lipinski definition) is 2. The van der Waals surface area contributed by atoms with Crippen molar-refractivity contribution in [3.05, 3.63) is 18.2 Å². The zero-order valence-corrected chi connectivity index (χ0v) is 9.28. The van der Waals surface area contributed by atoms with Crippen LogP contribution in [0.3, 0.4) is 0 Å². The highest BCUT2D eigenvalue weighted by atomic mass is 16.2. The summed E-state index contributed by atoms with van der Waals surface area (Å²) >= 11 is 0. The number of carbonyl (C=O) groups excluding carboxylic acids is 1. The Labute approximate surface area is 94.8 Å². The molecule has 1 aromatic heterocycles. The molecule has 2 aliphatic rings. The van der Waals surface area contributed by atoms with Gasteiger partial charge in [-0.15, -0.1) is 0 Å². The summed E-state index contributed by atoms with van der Waals surface area (Å²) in [6.07, 6.45) is 8.52. The summed E-state index contributed by atoms with van der Waals surface area (Å²) in [5.41, 5.74) is 0.969. The zero-order chi connectivity index (χ0) is 11.0. The fourth-order valence-electron chi connectivity index (χ4n) is 3.06. The van der Waals surface area contributed by atoms with Crippen molar-refractivity contribution in [2.45, 2.75) is 32.2 Å². The molecule has 2 aliphatic carbocycles. The first kappa shape index (κ1) is 9.87. The molecule has 0 aliphatic heterocycles. The summed E-state index contributed by atoms with van der Waals surface area (Å²) in [7, 11) is 0. The fourth-order valence-corrected chi connectivity index (χ4v) is 3.06. The van der Waals surface area contributed by atoms with Crippen LogP contribution in [-0.4, -0.2) is 15.9 Å². The Morgan fingerprint density at radius 1 is 1.44 bits per heavy atom. The molecule has 1 amide bonds. The van der Waals surface area contributed by atoms with Gasteiger partial charge in [-0.2, -0.15) is 0 Å². The van der Waals surface area contributed by atoms with E-state index in [0.717, 1.165) is 5.69 Å². The lowest BCUT2D eigenvalue weighted by atomic mass is 10.0. The van der Waals surface area contributed by atoms with Gasteiger partial charge < -0.3 is 10.3 Å². The molecule has 0 saturated heterocycles. The Morgan fingerprint density at radius 2 is 2.19 bits per heavy atom. The number of imidazole rings is 1. The van der Waals surface area contributed by atoms with Gasteiger partial charge in [0.25, 0.3) is 0 Å². The molecule has 3 rings (SSSR count). The van der Waals surface area contributed by atoms with Crippen molar-refractivity contribution < 1.29 is 4.79 Å². The normalized spacial score (nSPS) is 31.9. The molecule has 2 fully saturated rings. The van der Waals surface area contributed by atoms with E-state index in [4.69, 9.17) is 0 Å². The Morgan fingerprint density at radius 3 is 2.81 bits per heavy atom. The molecule has 0 bridgehead atoms. The maximum atomic E-state index is 11.9. The molecule has 4 heteroatoms. The molecule has 86 valence electrons. The molecule has 2 saturated carbocycles. The van der Waals surface area contributed by atoms with E-state index in [1.54, 1.807) is 12.5 Å². The topological polar surface area (TPSA) is 57.8 Å². The second-order valence-corrected chi connectivity index (χ2v) is 4.93.